The Bertz CT molecular complexity index is 267. The Kier molecular flexibility index (Phi) is 3.60. The van der Waals surface area contributed by atoms with Crippen molar-refractivity contribution < 1.29 is 19.7 Å². The molecular weight excluding hydrogens is 184 g/mol. The molecule has 0 saturated heterocycles. The lowest BCUT2D eigenvalue weighted by molar-refractivity contribution is -0.322. The monoisotopic (exact) mass is 198 g/mol. The SMILES string of the molecule is COC(OC)(c1ccccc1)C(O)O. The van der Waals surface area contributed by atoms with E-state index >= 15 is 0 Å². The molecular formula is C10H14O4. The summed E-state index contributed by atoms with van der Waals surface area (Å²) in [6.45, 7) is 0. The van der Waals surface area contributed by atoms with E-state index in [2.05, 4.69) is 0 Å². The van der Waals surface area contributed by atoms with E-state index < -0.39 is 12.1 Å². The van der Waals surface area contributed by atoms with Crippen LogP contribution in [0.15, 0.2) is 30.3 Å². The summed E-state index contributed by atoms with van der Waals surface area (Å²) in [5.74, 6) is -1.51. The van der Waals surface area contributed by atoms with Crippen LogP contribution in [-0.2, 0) is 15.3 Å². The van der Waals surface area contributed by atoms with Gasteiger partial charge in [0.05, 0.1) is 0 Å². The molecule has 2 N–H and O–H groups in total. The molecule has 1 rings (SSSR count). The Labute approximate surface area is 82.7 Å². The average molecular weight is 198 g/mol. The van der Waals surface area contributed by atoms with Gasteiger partial charge in [0.15, 0.2) is 0 Å². The number of aliphatic hydroxyl groups excluding tert-OH is 1. The minimum absolute atomic E-state index is 0.556. The van der Waals surface area contributed by atoms with Gasteiger partial charge in [-0.2, -0.15) is 0 Å². The number of rotatable bonds is 4. The van der Waals surface area contributed by atoms with E-state index in [1.807, 2.05) is 6.07 Å². The van der Waals surface area contributed by atoms with Crippen molar-refractivity contribution in [3.63, 3.8) is 0 Å². The third-order valence-corrected chi connectivity index (χ3v) is 2.12. The maximum absolute atomic E-state index is 9.22. The van der Waals surface area contributed by atoms with Crippen molar-refractivity contribution in [1.29, 1.82) is 0 Å². The first-order chi connectivity index (χ1) is 6.67. The topological polar surface area (TPSA) is 58.9 Å². The molecule has 0 heterocycles. The van der Waals surface area contributed by atoms with Crippen LogP contribution in [0, 0.1) is 0 Å². The van der Waals surface area contributed by atoms with Crippen molar-refractivity contribution in [3.8, 4) is 0 Å². The van der Waals surface area contributed by atoms with E-state index in [1.165, 1.54) is 14.2 Å². The molecule has 0 saturated carbocycles. The second-order valence-corrected chi connectivity index (χ2v) is 2.82. The lowest BCUT2D eigenvalue weighted by Crippen LogP contribution is -2.43. The highest BCUT2D eigenvalue weighted by atomic mass is 16.7. The molecule has 4 heteroatoms. The van der Waals surface area contributed by atoms with Crippen LogP contribution >= 0.6 is 0 Å². The van der Waals surface area contributed by atoms with Crippen molar-refractivity contribution in [2.75, 3.05) is 14.2 Å². The van der Waals surface area contributed by atoms with Crippen molar-refractivity contribution in [1.82, 2.24) is 0 Å². The molecule has 0 radical (unpaired) electrons. The van der Waals surface area contributed by atoms with Crippen LogP contribution in [0.3, 0.4) is 0 Å². The molecule has 0 unspecified atom stereocenters. The van der Waals surface area contributed by atoms with Gasteiger partial charge in [-0.3, -0.25) is 0 Å². The fraction of sp³-hybridized carbons (Fsp3) is 0.400. The van der Waals surface area contributed by atoms with Gasteiger partial charge in [0.1, 0.15) is 0 Å². The van der Waals surface area contributed by atoms with Gasteiger partial charge in [0, 0.05) is 19.8 Å². The van der Waals surface area contributed by atoms with Crippen LogP contribution in [0.1, 0.15) is 5.56 Å². The van der Waals surface area contributed by atoms with Crippen LogP contribution in [0.25, 0.3) is 0 Å². The molecule has 0 aromatic heterocycles. The molecule has 14 heavy (non-hydrogen) atoms. The Morgan fingerprint density at radius 3 is 1.93 bits per heavy atom. The summed E-state index contributed by atoms with van der Waals surface area (Å²) in [6.07, 6.45) is -1.74. The van der Waals surface area contributed by atoms with Gasteiger partial charge in [0.25, 0.3) is 0 Å². The first-order valence-electron chi connectivity index (χ1n) is 4.19. The summed E-state index contributed by atoms with van der Waals surface area (Å²) in [4.78, 5) is 0. The minimum atomic E-state index is -1.74. The summed E-state index contributed by atoms with van der Waals surface area (Å²) < 4.78 is 10.0. The van der Waals surface area contributed by atoms with Crippen molar-refractivity contribution in [2.45, 2.75) is 12.1 Å². The van der Waals surface area contributed by atoms with Gasteiger partial charge in [-0.05, 0) is 0 Å². The van der Waals surface area contributed by atoms with E-state index in [1.54, 1.807) is 24.3 Å². The highest BCUT2D eigenvalue weighted by Gasteiger charge is 2.39. The molecule has 1 aromatic carbocycles. The van der Waals surface area contributed by atoms with Gasteiger partial charge >= 0.3 is 0 Å². The normalized spacial score (nSPS) is 12.1. The molecule has 0 fully saturated rings. The zero-order valence-electron chi connectivity index (χ0n) is 8.18. The third-order valence-electron chi connectivity index (χ3n) is 2.12. The smallest absolute Gasteiger partial charge is 0.247 e. The van der Waals surface area contributed by atoms with Gasteiger partial charge in [-0.15, -0.1) is 0 Å². The standard InChI is InChI=1S/C10H14O4/c1-13-10(14-2,9(11)12)8-6-4-3-5-7-8/h3-7,9,11-12H,1-2H3. The average Bonchev–Trinajstić information content (AvgIpc) is 2.22. The van der Waals surface area contributed by atoms with Gasteiger partial charge < -0.3 is 19.7 Å². The number of methoxy groups -OCH3 is 2. The van der Waals surface area contributed by atoms with E-state index in [4.69, 9.17) is 9.47 Å². The van der Waals surface area contributed by atoms with Crippen LogP contribution in [0.5, 0.6) is 0 Å². The van der Waals surface area contributed by atoms with Crippen LogP contribution in [0.4, 0.5) is 0 Å². The lowest BCUT2D eigenvalue weighted by atomic mass is 10.1. The number of benzene rings is 1. The molecule has 0 atom stereocenters. The van der Waals surface area contributed by atoms with Crippen molar-refractivity contribution in [2.24, 2.45) is 0 Å². The first kappa shape index (κ1) is 11.1. The first-order valence-corrected chi connectivity index (χ1v) is 4.19. The molecule has 0 amide bonds. The van der Waals surface area contributed by atoms with E-state index in [9.17, 15) is 10.2 Å². The molecule has 0 spiro atoms. The van der Waals surface area contributed by atoms with Crippen LogP contribution < -0.4 is 0 Å². The van der Waals surface area contributed by atoms with Gasteiger partial charge in [-0.25, -0.2) is 0 Å². The van der Waals surface area contributed by atoms with E-state index in [0.717, 1.165) is 0 Å². The molecule has 0 aliphatic rings. The highest BCUT2D eigenvalue weighted by Crippen LogP contribution is 2.28. The summed E-state index contributed by atoms with van der Waals surface area (Å²) in [5, 5.41) is 18.4. The minimum Gasteiger partial charge on any atom is -0.364 e. The zero-order chi connectivity index (χ0) is 10.6. The van der Waals surface area contributed by atoms with Crippen LogP contribution in [-0.4, -0.2) is 30.7 Å². The maximum Gasteiger partial charge on any atom is 0.247 e. The molecule has 1 aromatic rings. The zero-order valence-corrected chi connectivity index (χ0v) is 8.18. The number of hydrogen-bond acceptors (Lipinski definition) is 4. The summed E-state index contributed by atoms with van der Waals surface area (Å²) in [5.41, 5.74) is 0.556. The number of aliphatic hydroxyl groups is 2. The predicted molar refractivity (Wildman–Crippen MR) is 50.4 cm³/mol. The van der Waals surface area contributed by atoms with Gasteiger partial charge in [-0.1, -0.05) is 30.3 Å². The Morgan fingerprint density at radius 2 is 1.57 bits per heavy atom. The Balaban J connectivity index is 3.11. The molecule has 4 nitrogen and oxygen atoms in total. The lowest BCUT2D eigenvalue weighted by Gasteiger charge is -2.32. The summed E-state index contributed by atoms with van der Waals surface area (Å²) in [7, 11) is 2.71. The molecule has 78 valence electrons. The fourth-order valence-electron chi connectivity index (χ4n) is 1.35. The molecule has 0 bridgehead atoms. The van der Waals surface area contributed by atoms with Crippen molar-refractivity contribution in [3.05, 3.63) is 35.9 Å². The highest BCUT2D eigenvalue weighted by molar-refractivity contribution is 5.20. The van der Waals surface area contributed by atoms with Gasteiger partial charge in [0.2, 0.25) is 12.1 Å². The van der Waals surface area contributed by atoms with E-state index in [-0.39, 0.29) is 0 Å². The fourth-order valence-corrected chi connectivity index (χ4v) is 1.35. The predicted octanol–water partition coefficient (Wildman–Crippen LogP) is 0.443. The summed E-state index contributed by atoms with van der Waals surface area (Å²) >= 11 is 0. The third kappa shape index (κ3) is 1.78. The number of hydrogen-bond donors (Lipinski definition) is 2. The quantitative estimate of drug-likeness (QED) is 0.689. The maximum atomic E-state index is 9.22. The summed E-state index contributed by atoms with van der Waals surface area (Å²) in [6, 6.07) is 8.76. The second-order valence-electron chi connectivity index (χ2n) is 2.82. The van der Waals surface area contributed by atoms with E-state index in [0.29, 0.717) is 5.56 Å². The second kappa shape index (κ2) is 4.52. The number of ether oxygens (including phenoxy) is 2. The largest absolute Gasteiger partial charge is 0.364 e. The Morgan fingerprint density at radius 1 is 1.07 bits per heavy atom. The molecule has 0 aliphatic carbocycles. The molecule has 0 aliphatic heterocycles. The Hall–Kier alpha value is -0.940. The van der Waals surface area contributed by atoms with Crippen LogP contribution in [0.2, 0.25) is 0 Å². The van der Waals surface area contributed by atoms with Crippen molar-refractivity contribution >= 4 is 0 Å².